The first-order chi connectivity index (χ1) is 9.72. The fourth-order valence-corrected chi connectivity index (χ4v) is 1.81. The van der Waals surface area contributed by atoms with Gasteiger partial charge in [0.15, 0.2) is 0 Å². The summed E-state index contributed by atoms with van der Waals surface area (Å²) in [6, 6.07) is 5.85. The van der Waals surface area contributed by atoms with Crippen LogP contribution < -0.4 is 5.32 Å². The minimum absolute atomic E-state index is 0.220. The Morgan fingerprint density at radius 3 is 3.00 bits per heavy atom. The molecule has 2 N–H and O–H groups in total. The number of carbonyl (C=O) groups is 1. The van der Waals surface area contributed by atoms with Gasteiger partial charge in [-0.2, -0.15) is 10.2 Å². The normalized spacial score (nSPS) is 10.7. The molecular formula is C13H10FN5O. The highest BCUT2D eigenvalue weighted by molar-refractivity contribution is 5.93. The third kappa shape index (κ3) is 2.46. The second kappa shape index (κ2) is 5.04. The summed E-state index contributed by atoms with van der Waals surface area (Å²) in [5, 5.41) is 9.92. The Hall–Kier alpha value is -2.83. The minimum Gasteiger partial charge on any atom is -0.345 e. The molecule has 0 fully saturated rings. The maximum absolute atomic E-state index is 13.1. The SMILES string of the molecule is O=C(NCc1nc2ccc(F)cc2[nH]1)c1ccnnc1. The van der Waals surface area contributed by atoms with Crippen molar-refractivity contribution in [1.82, 2.24) is 25.5 Å². The number of imidazole rings is 1. The van der Waals surface area contributed by atoms with Crippen LogP contribution in [0.5, 0.6) is 0 Å². The van der Waals surface area contributed by atoms with Crippen LogP contribution in [0.15, 0.2) is 36.7 Å². The van der Waals surface area contributed by atoms with E-state index in [0.717, 1.165) is 0 Å². The van der Waals surface area contributed by atoms with Crippen molar-refractivity contribution in [1.29, 1.82) is 0 Å². The van der Waals surface area contributed by atoms with Crippen LogP contribution in [0.4, 0.5) is 4.39 Å². The Kier molecular flexibility index (Phi) is 3.08. The van der Waals surface area contributed by atoms with Crippen LogP contribution in [0, 0.1) is 5.82 Å². The molecule has 0 saturated heterocycles. The molecule has 6 nitrogen and oxygen atoms in total. The number of fused-ring (bicyclic) bond motifs is 1. The van der Waals surface area contributed by atoms with E-state index in [1.54, 1.807) is 12.1 Å². The number of hydrogen-bond donors (Lipinski definition) is 2. The number of halogens is 1. The molecule has 0 saturated carbocycles. The molecule has 0 aliphatic rings. The number of carbonyl (C=O) groups excluding carboxylic acids is 1. The predicted octanol–water partition coefficient (Wildman–Crippen LogP) is 1.42. The first-order valence-corrected chi connectivity index (χ1v) is 5.91. The Bertz CT molecular complexity index is 756. The predicted molar refractivity (Wildman–Crippen MR) is 69.3 cm³/mol. The number of aromatic nitrogens is 4. The highest BCUT2D eigenvalue weighted by atomic mass is 19.1. The maximum atomic E-state index is 13.1. The van der Waals surface area contributed by atoms with Crippen LogP contribution in [0.25, 0.3) is 11.0 Å². The molecule has 1 amide bonds. The molecule has 0 aliphatic carbocycles. The maximum Gasteiger partial charge on any atom is 0.253 e. The molecule has 0 atom stereocenters. The van der Waals surface area contributed by atoms with E-state index < -0.39 is 0 Å². The van der Waals surface area contributed by atoms with E-state index in [1.165, 1.54) is 24.5 Å². The van der Waals surface area contributed by atoms with Gasteiger partial charge in [-0.3, -0.25) is 4.79 Å². The molecule has 0 radical (unpaired) electrons. The second-order valence-corrected chi connectivity index (χ2v) is 4.16. The standard InChI is InChI=1S/C13H10FN5O/c14-9-1-2-10-11(5-9)19-12(18-10)7-15-13(20)8-3-4-16-17-6-8/h1-6H,7H2,(H,15,20)(H,18,19). The van der Waals surface area contributed by atoms with Gasteiger partial charge in [-0.05, 0) is 24.3 Å². The van der Waals surface area contributed by atoms with E-state index in [4.69, 9.17) is 0 Å². The molecule has 0 unspecified atom stereocenters. The number of aromatic amines is 1. The van der Waals surface area contributed by atoms with Crippen molar-refractivity contribution in [3.05, 3.63) is 53.9 Å². The molecule has 100 valence electrons. The first-order valence-electron chi connectivity index (χ1n) is 5.91. The van der Waals surface area contributed by atoms with Crippen molar-refractivity contribution in [3.63, 3.8) is 0 Å². The quantitative estimate of drug-likeness (QED) is 0.754. The van der Waals surface area contributed by atoms with Gasteiger partial charge in [0.2, 0.25) is 0 Å². The summed E-state index contributed by atoms with van der Waals surface area (Å²) >= 11 is 0. The number of hydrogen-bond acceptors (Lipinski definition) is 4. The molecule has 2 aromatic heterocycles. The van der Waals surface area contributed by atoms with E-state index in [9.17, 15) is 9.18 Å². The lowest BCUT2D eigenvalue weighted by Gasteiger charge is -2.01. The topological polar surface area (TPSA) is 83.6 Å². The van der Waals surface area contributed by atoms with E-state index in [-0.39, 0.29) is 18.3 Å². The van der Waals surface area contributed by atoms with E-state index in [2.05, 4.69) is 25.5 Å². The minimum atomic E-state index is -0.334. The van der Waals surface area contributed by atoms with E-state index >= 15 is 0 Å². The van der Waals surface area contributed by atoms with Gasteiger partial charge in [0.1, 0.15) is 11.6 Å². The van der Waals surface area contributed by atoms with Crippen LogP contribution >= 0.6 is 0 Å². The van der Waals surface area contributed by atoms with Crippen LogP contribution in [-0.4, -0.2) is 26.1 Å². The van der Waals surface area contributed by atoms with Gasteiger partial charge in [-0.15, -0.1) is 0 Å². The van der Waals surface area contributed by atoms with Gasteiger partial charge in [0, 0.05) is 0 Å². The van der Waals surface area contributed by atoms with Crippen molar-refractivity contribution < 1.29 is 9.18 Å². The van der Waals surface area contributed by atoms with Crippen molar-refractivity contribution in [2.45, 2.75) is 6.54 Å². The third-order valence-corrected chi connectivity index (χ3v) is 2.76. The molecule has 1 aromatic carbocycles. The fourth-order valence-electron chi connectivity index (χ4n) is 1.81. The monoisotopic (exact) mass is 271 g/mol. The Morgan fingerprint density at radius 1 is 1.30 bits per heavy atom. The number of amides is 1. The number of nitrogens with one attached hydrogen (secondary N) is 2. The lowest BCUT2D eigenvalue weighted by molar-refractivity contribution is 0.0949. The molecule has 0 bridgehead atoms. The fraction of sp³-hybridized carbons (Fsp3) is 0.0769. The van der Waals surface area contributed by atoms with Gasteiger partial charge < -0.3 is 10.3 Å². The summed E-state index contributed by atoms with van der Waals surface area (Å²) in [4.78, 5) is 19.0. The number of nitrogens with zero attached hydrogens (tertiary/aromatic N) is 3. The van der Waals surface area contributed by atoms with Crippen LogP contribution in [-0.2, 0) is 6.54 Å². The highest BCUT2D eigenvalue weighted by Crippen LogP contribution is 2.12. The molecule has 20 heavy (non-hydrogen) atoms. The summed E-state index contributed by atoms with van der Waals surface area (Å²) in [6.45, 7) is 0.220. The highest BCUT2D eigenvalue weighted by Gasteiger charge is 2.08. The second-order valence-electron chi connectivity index (χ2n) is 4.16. The number of H-pyrrole nitrogens is 1. The summed E-state index contributed by atoms with van der Waals surface area (Å²) in [7, 11) is 0. The average molecular weight is 271 g/mol. The summed E-state index contributed by atoms with van der Waals surface area (Å²) in [5.74, 6) is -0.0490. The zero-order valence-corrected chi connectivity index (χ0v) is 10.3. The van der Waals surface area contributed by atoms with E-state index in [0.29, 0.717) is 22.4 Å². The van der Waals surface area contributed by atoms with Gasteiger partial charge >= 0.3 is 0 Å². The summed E-state index contributed by atoms with van der Waals surface area (Å²) in [5.41, 5.74) is 1.67. The molecule has 0 spiro atoms. The van der Waals surface area contributed by atoms with Crippen LogP contribution in [0.2, 0.25) is 0 Å². The lowest BCUT2D eigenvalue weighted by atomic mass is 10.3. The molecule has 3 aromatic rings. The van der Waals surface area contributed by atoms with Gasteiger partial charge in [-0.25, -0.2) is 9.37 Å². The molecule has 3 rings (SSSR count). The van der Waals surface area contributed by atoms with E-state index in [1.807, 2.05) is 0 Å². The Morgan fingerprint density at radius 2 is 2.20 bits per heavy atom. The lowest BCUT2D eigenvalue weighted by Crippen LogP contribution is -2.23. The zero-order chi connectivity index (χ0) is 13.9. The van der Waals surface area contributed by atoms with Crippen molar-refractivity contribution >= 4 is 16.9 Å². The first kappa shape index (κ1) is 12.2. The van der Waals surface area contributed by atoms with Gasteiger partial charge in [0.25, 0.3) is 5.91 Å². The van der Waals surface area contributed by atoms with Crippen molar-refractivity contribution in [2.75, 3.05) is 0 Å². The zero-order valence-electron chi connectivity index (χ0n) is 10.3. The Balaban J connectivity index is 1.72. The Labute approximate surface area is 113 Å². The summed E-state index contributed by atoms with van der Waals surface area (Å²) in [6.07, 6.45) is 2.82. The number of rotatable bonds is 3. The van der Waals surface area contributed by atoms with Crippen LogP contribution in [0.1, 0.15) is 16.2 Å². The smallest absolute Gasteiger partial charge is 0.253 e. The summed E-state index contributed by atoms with van der Waals surface area (Å²) < 4.78 is 13.1. The third-order valence-electron chi connectivity index (χ3n) is 2.76. The van der Waals surface area contributed by atoms with Crippen LogP contribution in [0.3, 0.4) is 0 Å². The average Bonchev–Trinajstić information content (AvgIpc) is 2.87. The van der Waals surface area contributed by atoms with Gasteiger partial charge in [-0.1, -0.05) is 0 Å². The largest absolute Gasteiger partial charge is 0.345 e. The van der Waals surface area contributed by atoms with Crippen molar-refractivity contribution in [2.24, 2.45) is 0 Å². The molecule has 0 aliphatic heterocycles. The van der Waals surface area contributed by atoms with Gasteiger partial charge in [0.05, 0.1) is 35.5 Å². The molecular weight excluding hydrogens is 261 g/mol. The molecule has 2 heterocycles. The molecule has 7 heteroatoms. The number of benzene rings is 1. The van der Waals surface area contributed by atoms with Crippen molar-refractivity contribution in [3.8, 4) is 0 Å².